The molecule has 1 aliphatic heterocycles. The maximum Gasteiger partial charge on any atom is 0.226 e. The summed E-state index contributed by atoms with van der Waals surface area (Å²) < 4.78 is 2.07. The molecule has 2 aromatic rings. The lowest BCUT2D eigenvalue weighted by atomic mass is 10.3. The number of likely N-dealkylation sites (tertiary alicyclic amines) is 1. The zero-order valence-electron chi connectivity index (χ0n) is 15.5. The highest BCUT2D eigenvalue weighted by molar-refractivity contribution is 5.84. The SMILES string of the molecule is CC(C)n1cnc2c(NC3CC3)nc(NCCCN3CCCC3=O)nc21. The van der Waals surface area contributed by atoms with Crippen LogP contribution in [-0.2, 0) is 4.79 Å². The van der Waals surface area contributed by atoms with Gasteiger partial charge in [0.1, 0.15) is 0 Å². The summed E-state index contributed by atoms with van der Waals surface area (Å²) in [6, 6.07) is 0.795. The van der Waals surface area contributed by atoms with Gasteiger partial charge in [0.05, 0.1) is 6.33 Å². The summed E-state index contributed by atoms with van der Waals surface area (Å²) in [7, 11) is 0. The van der Waals surface area contributed by atoms with Gasteiger partial charge in [-0.2, -0.15) is 9.97 Å². The lowest BCUT2D eigenvalue weighted by molar-refractivity contribution is -0.127. The Bertz CT molecular complexity index is 796. The van der Waals surface area contributed by atoms with Gasteiger partial charge in [-0.3, -0.25) is 4.79 Å². The van der Waals surface area contributed by atoms with Crippen molar-refractivity contribution in [3.05, 3.63) is 6.33 Å². The van der Waals surface area contributed by atoms with E-state index in [4.69, 9.17) is 0 Å². The minimum atomic E-state index is 0.277. The number of amides is 1. The van der Waals surface area contributed by atoms with Gasteiger partial charge in [0.25, 0.3) is 0 Å². The summed E-state index contributed by atoms with van der Waals surface area (Å²) >= 11 is 0. The Labute approximate surface area is 153 Å². The molecule has 2 aliphatic rings. The van der Waals surface area contributed by atoms with E-state index in [9.17, 15) is 4.79 Å². The van der Waals surface area contributed by atoms with Crippen LogP contribution in [0.25, 0.3) is 11.2 Å². The zero-order valence-corrected chi connectivity index (χ0v) is 15.5. The molecule has 0 atom stereocenters. The highest BCUT2D eigenvalue weighted by Crippen LogP contribution is 2.29. The zero-order chi connectivity index (χ0) is 18.1. The third kappa shape index (κ3) is 3.59. The Kier molecular flexibility index (Phi) is 4.65. The van der Waals surface area contributed by atoms with Crippen LogP contribution in [-0.4, -0.2) is 56.0 Å². The Hall–Kier alpha value is -2.38. The first kappa shape index (κ1) is 17.1. The van der Waals surface area contributed by atoms with Crippen molar-refractivity contribution in [2.24, 2.45) is 0 Å². The first-order valence-electron chi connectivity index (χ1n) is 9.64. The quantitative estimate of drug-likeness (QED) is 0.706. The second kappa shape index (κ2) is 7.09. The molecule has 0 spiro atoms. The Morgan fingerprint density at radius 3 is 2.85 bits per heavy atom. The molecule has 1 amide bonds. The van der Waals surface area contributed by atoms with Crippen LogP contribution in [0.3, 0.4) is 0 Å². The van der Waals surface area contributed by atoms with E-state index in [0.717, 1.165) is 49.5 Å². The molecule has 8 nitrogen and oxygen atoms in total. The molecule has 2 N–H and O–H groups in total. The van der Waals surface area contributed by atoms with Crippen LogP contribution >= 0.6 is 0 Å². The monoisotopic (exact) mass is 357 g/mol. The van der Waals surface area contributed by atoms with E-state index in [1.54, 1.807) is 0 Å². The van der Waals surface area contributed by atoms with E-state index in [-0.39, 0.29) is 11.9 Å². The summed E-state index contributed by atoms with van der Waals surface area (Å²) in [5, 5.41) is 6.80. The minimum absolute atomic E-state index is 0.277. The molecule has 2 fully saturated rings. The van der Waals surface area contributed by atoms with Crippen molar-refractivity contribution in [1.82, 2.24) is 24.4 Å². The smallest absolute Gasteiger partial charge is 0.226 e. The van der Waals surface area contributed by atoms with Crippen LogP contribution in [0, 0.1) is 0 Å². The molecular formula is C18H27N7O. The van der Waals surface area contributed by atoms with Gasteiger partial charge >= 0.3 is 0 Å². The molecule has 0 aromatic carbocycles. The molecule has 8 heteroatoms. The van der Waals surface area contributed by atoms with Crippen LogP contribution in [0.1, 0.15) is 52.0 Å². The Balaban J connectivity index is 1.46. The first-order valence-corrected chi connectivity index (χ1v) is 9.64. The summed E-state index contributed by atoms with van der Waals surface area (Å²) in [5.41, 5.74) is 1.69. The minimum Gasteiger partial charge on any atom is -0.365 e. The predicted octanol–water partition coefficient (Wildman–Crippen LogP) is 2.41. The van der Waals surface area contributed by atoms with E-state index >= 15 is 0 Å². The number of nitrogens with one attached hydrogen (secondary N) is 2. The normalized spacial score (nSPS) is 17.5. The van der Waals surface area contributed by atoms with Gasteiger partial charge in [0.2, 0.25) is 11.9 Å². The van der Waals surface area contributed by atoms with E-state index in [1.807, 2.05) is 11.2 Å². The number of hydrogen-bond donors (Lipinski definition) is 2. The predicted molar refractivity (Wildman–Crippen MR) is 101 cm³/mol. The van der Waals surface area contributed by atoms with Gasteiger partial charge < -0.3 is 20.1 Å². The number of anilines is 2. The average molecular weight is 357 g/mol. The fourth-order valence-corrected chi connectivity index (χ4v) is 3.31. The second-order valence-electron chi connectivity index (χ2n) is 7.50. The lowest BCUT2D eigenvalue weighted by Crippen LogP contribution is -2.27. The maximum atomic E-state index is 11.7. The molecular weight excluding hydrogens is 330 g/mol. The van der Waals surface area contributed by atoms with Crippen LogP contribution in [0.15, 0.2) is 6.33 Å². The fraction of sp³-hybridized carbons (Fsp3) is 0.667. The van der Waals surface area contributed by atoms with Crippen molar-refractivity contribution in [3.8, 4) is 0 Å². The standard InChI is InChI=1S/C18H27N7O/c1-12(2)25-11-20-15-16(21-13-6-7-13)22-18(23-17(15)25)19-8-4-10-24-9-3-5-14(24)26/h11-13H,3-10H2,1-2H3,(H2,19,21,22,23). The van der Waals surface area contributed by atoms with E-state index in [0.29, 0.717) is 18.4 Å². The highest BCUT2D eigenvalue weighted by atomic mass is 16.2. The molecule has 0 bridgehead atoms. The van der Waals surface area contributed by atoms with Gasteiger partial charge in [-0.15, -0.1) is 0 Å². The van der Waals surface area contributed by atoms with Gasteiger partial charge in [0, 0.05) is 38.1 Å². The number of carbonyl (C=O) groups excluding carboxylic acids is 1. The van der Waals surface area contributed by atoms with E-state index < -0.39 is 0 Å². The summed E-state index contributed by atoms with van der Waals surface area (Å²) in [4.78, 5) is 27.5. The molecule has 1 saturated carbocycles. The fourth-order valence-electron chi connectivity index (χ4n) is 3.31. The summed E-state index contributed by atoms with van der Waals surface area (Å²) in [6.45, 7) is 6.68. The Morgan fingerprint density at radius 1 is 1.31 bits per heavy atom. The van der Waals surface area contributed by atoms with E-state index in [2.05, 4.69) is 44.0 Å². The third-order valence-corrected chi connectivity index (χ3v) is 4.96. The number of nitrogens with zero attached hydrogens (tertiary/aromatic N) is 5. The number of rotatable bonds is 8. The second-order valence-corrected chi connectivity index (χ2v) is 7.50. The largest absolute Gasteiger partial charge is 0.365 e. The van der Waals surface area contributed by atoms with E-state index in [1.165, 1.54) is 12.8 Å². The van der Waals surface area contributed by atoms with Crippen LogP contribution < -0.4 is 10.6 Å². The summed E-state index contributed by atoms with van der Waals surface area (Å²) in [5.74, 6) is 1.71. The van der Waals surface area contributed by atoms with Crippen LogP contribution in [0.4, 0.5) is 11.8 Å². The molecule has 26 heavy (non-hydrogen) atoms. The van der Waals surface area contributed by atoms with Gasteiger partial charge in [-0.25, -0.2) is 4.98 Å². The molecule has 3 heterocycles. The molecule has 140 valence electrons. The lowest BCUT2D eigenvalue weighted by Gasteiger charge is -2.15. The number of aromatic nitrogens is 4. The van der Waals surface area contributed by atoms with Gasteiger partial charge in [-0.05, 0) is 39.5 Å². The molecule has 0 radical (unpaired) electrons. The molecule has 4 rings (SSSR count). The molecule has 1 aliphatic carbocycles. The van der Waals surface area contributed by atoms with Crippen molar-refractivity contribution in [2.45, 2.75) is 58.0 Å². The molecule has 0 unspecified atom stereocenters. The highest BCUT2D eigenvalue weighted by Gasteiger charge is 2.24. The topological polar surface area (TPSA) is 88.0 Å². The number of imidazole rings is 1. The summed E-state index contributed by atoms with van der Waals surface area (Å²) in [6.07, 6.45) is 6.78. The maximum absolute atomic E-state index is 11.7. The van der Waals surface area contributed by atoms with Crippen molar-refractivity contribution >= 4 is 28.8 Å². The number of carbonyl (C=O) groups is 1. The molecule has 1 saturated heterocycles. The molecule has 2 aromatic heterocycles. The van der Waals surface area contributed by atoms with Gasteiger partial charge in [-0.1, -0.05) is 0 Å². The van der Waals surface area contributed by atoms with Crippen molar-refractivity contribution in [1.29, 1.82) is 0 Å². The van der Waals surface area contributed by atoms with Crippen molar-refractivity contribution in [3.63, 3.8) is 0 Å². The van der Waals surface area contributed by atoms with Crippen molar-refractivity contribution in [2.75, 3.05) is 30.3 Å². The van der Waals surface area contributed by atoms with Crippen molar-refractivity contribution < 1.29 is 4.79 Å². The first-order chi connectivity index (χ1) is 12.6. The number of hydrogen-bond acceptors (Lipinski definition) is 6. The average Bonchev–Trinajstić information content (AvgIpc) is 3.16. The van der Waals surface area contributed by atoms with Crippen LogP contribution in [0.2, 0.25) is 0 Å². The third-order valence-electron chi connectivity index (χ3n) is 4.96. The Morgan fingerprint density at radius 2 is 2.15 bits per heavy atom. The number of fused-ring (bicyclic) bond motifs is 1. The van der Waals surface area contributed by atoms with Crippen LogP contribution in [0.5, 0.6) is 0 Å². The van der Waals surface area contributed by atoms with Gasteiger partial charge in [0.15, 0.2) is 17.0 Å².